The van der Waals surface area contributed by atoms with Crippen LogP contribution in [0.2, 0.25) is 0 Å². The number of likely N-dealkylation sites (tertiary alicyclic amines) is 1. The number of morpholine rings is 1. The van der Waals surface area contributed by atoms with Crippen LogP contribution in [-0.2, 0) is 19.6 Å². The van der Waals surface area contributed by atoms with Gasteiger partial charge in [-0.3, -0.25) is 14.5 Å². The zero-order chi connectivity index (χ0) is 21.8. The standard InChI is InChI=1S/C21H30N4O5S/c26-20(23-7-1-2-8-23)17-22-9-11-24(12-10-22)21(27)18-3-5-19(6-4-18)31(28,29)25-13-15-30-16-14-25/h3-6H,1-2,7-17H2. The Bertz CT molecular complexity index is 885. The van der Waals surface area contributed by atoms with Crippen molar-refractivity contribution < 1.29 is 22.7 Å². The first-order valence-electron chi connectivity index (χ1n) is 10.9. The maximum atomic E-state index is 12.9. The molecule has 1 aromatic carbocycles. The van der Waals surface area contributed by atoms with Crippen molar-refractivity contribution in [2.45, 2.75) is 17.7 Å². The monoisotopic (exact) mass is 450 g/mol. The number of hydrogen-bond donors (Lipinski definition) is 0. The first-order valence-corrected chi connectivity index (χ1v) is 12.4. The molecule has 31 heavy (non-hydrogen) atoms. The van der Waals surface area contributed by atoms with E-state index in [1.54, 1.807) is 17.0 Å². The van der Waals surface area contributed by atoms with Gasteiger partial charge in [-0.05, 0) is 37.1 Å². The van der Waals surface area contributed by atoms with Crippen LogP contribution in [0, 0.1) is 0 Å². The number of sulfonamides is 1. The van der Waals surface area contributed by atoms with Crippen molar-refractivity contribution in [1.29, 1.82) is 0 Å². The quantitative estimate of drug-likeness (QED) is 0.632. The van der Waals surface area contributed by atoms with Gasteiger partial charge in [0.15, 0.2) is 0 Å². The molecule has 2 amide bonds. The summed E-state index contributed by atoms with van der Waals surface area (Å²) < 4.78 is 32.1. The van der Waals surface area contributed by atoms with E-state index in [1.807, 2.05) is 4.90 Å². The average Bonchev–Trinajstić information content (AvgIpc) is 3.35. The minimum absolute atomic E-state index is 0.110. The van der Waals surface area contributed by atoms with Crippen LogP contribution in [0.5, 0.6) is 0 Å². The maximum Gasteiger partial charge on any atom is 0.253 e. The fourth-order valence-corrected chi connectivity index (χ4v) is 5.66. The second-order valence-corrected chi connectivity index (χ2v) is 10.1. The second-order valence-electron chi connectivity index (χ2n) is 8.20. The third kappa shape index (κ3) is 5.08. The molecule has 10 heteroatoms. The smallest absolute Gasteiger partial charge is 0.253 e. The highest BCUT2D eigenvalue weighted by molar-refractivity contribution is 7.89. The summed E-state index contributed by atoms with van der Waals surface area (Å²) in [6.45, 7) is 6.03. The Morgan fingerprint density at radius 1 is 0.806 bits per heavy atom. The van der Waals surface area contributed by atoms with Gasteiger partial charge in [-0.25, -0.2) is 8.42 Å². The van der Waals surface area contributed by atoms with E-state index in [-0.39, 0.29) is 16.7 Å². The largest absolute Gasteiger partial charge is 0.379 e. The number of benzene rings is 1. The Labute approximate surface area is 183 Å². The van der Waals surface area contributed by atoms with Gasteiger partial charge >= 0.3 is 0 Å². The maximum absolute atomic E-state index is 12.9. The number of carbonyl (C=O) groups excluding carboxylic acids is 2. The number of ether oxygens (including phenoxy) is 1. The van der Waals surface area contributed by atoms with Crippen molar-refractivity contribution in [3.8, 4) is 0 Å². The van der Waals surface area contributed by atoms with E-state index in [2.05, 4.69) is 4.90 Å². The molecule has 3 saturated heterocycles. The van der Waals surface area contributed by atoms with E-state index < -0.39 is 10.0 Å². The van der Waals surface area contributed by atoms with Crippen molar-refractivity contribution in [1.82, 2.24) is 19.0 Å². The lowest BCUT2D eigenvalue weighted by atomic mass is 10.2. The average molecular weight is 451 g/mol. The van der Waals surface area contributed by atoms with Gasteiger partial charge in [0.05, 0.1) is 24.7 Å². The lowest BCUT2D eigenvalue weighted by Crippen LogP contribution is -2.51. The molecule has 9 nitrogen and oxygen atoms in total. The molecule has 0 bridgehead atoms. The molecule has 0 aliphatic carbocycles. The lowest BCUT2D eigenvalue weighted by molar-refractivity contribution is -0.131. The molecule has 0 aromatic heterocycles. The van der Waals surface area contributed by atoms with E-state index in [0.717, 1.165) is 25.9 Å². The van der Waals surface area contributed by atoms with Gasteiger partial charge in [0.1, 0.15) is 0 Å². The van der Waals surface area contributed by atoms with Gasteiger partial charge in [-0.2, -0.15) is 4.31 Å². The summed E-state index contributed by atoms with van der Waals surface area (Å²) in [6.07, 6.45) is 2.17. The van der Waals surface area contributed by atoms with E-state index in [0.29, 0.717) is 64.6 Å². The van der Waals surface area contributed by atoms with Crippen molar-refractivity contribution >= 4 is 21.8 Å². The first-order chi connectivity index (χ1) is 14.9. The molecule has 3 heterocycles. The molecule has 0 atom stereocenters. The van der Waals surface area contributed by atoms with Crippen LogP contribution in [0.4, 0.5) is 0 Å². The van der Waals surface area contributed by atoms with Crippen LogP contribution in [0.25, 0.3) is 0 Å². The summed E-state index contributed by atoms with van der Waals surface area (Å²) in [5.41, 5.74) is 0.475. The fraction of sp³-hybridized carbons (Fsp3) is 0.619. The molecule has 1 aromatic rings. The van der Waals surface area contributed by atoms with Crippen molar-refractivity contribution in [3.05, 3.63) is 29.8 Å². The normalized spacial score (nSPS) is 21.4. The van der Waals surface area contributed by atoms with Crippen LogP contribution in [0.15, 0.2) is 29.2 Å². The van der Waals surface area contributed by atoms with Crippen molar-refractivity contribution in [2.24, 2.45) is 0 Å². The van der Waals surface area contributed by atoms with Crippen LogP contribution in [-0.4, -0.2) is 111 Å². The summed E-state index contributed by atoms with van der Waals surface area (Å²) in [5, 5.41) is 0. The molecule has 3 aliphatic heterocycles. The van der Waals surface area contributed by atoms with Crippen molar-refractivity contribution in [2.75, 3.05) is 72.1 Å². The Kier molecular flexibility index (Phi) is 6.90. The van der Waals surface area contributed by atoms with E-state index >= 15 is 0 Å². The third-order valence-electron chi connectivity index (χ3n) is 6.19. The molecule has 0 spiro atoms. The molecule has 0 unspecified atom stereocenters. The summed E-state index contributed by atoms with van der Waals surface area (Å²) in [6, 6.07) is 6.17. The van der Waals surface area contributed by atoms with Gasteiger partial charge < -0.3 is 14.5 Å². The SMILES string of the molecule is O=C(CN1CCN(C(=O)c2ccc(S(=O)(=O)N3CCOCC3)cc2)CC1)N1CCCC1. The predicted octanol–water partition coefficient (Wildman–Crippen LogP) is 0.0877. The molecule has 4 rings (SSSR count). The number of rotatable bonds is 5. The van der Waals surface area contributed by atoms with Gasteiger partial charge in [0, 0.05) is 57.9 Å². The molecule has 170 valence electrons. The van der Waals surface area contributed by atoms with Gasteiger partial charge in [-0.1, -0.05) is 0 Å². The van der Waals surface area contributed by atoms with E-state index in [1.165, 1.54) is 16.4 Å². The molecule has 3 fully saturated rings. The lowest BCUT2D eigenvalue weighted by Gasteiger charge is -2.35. The molecular formula is C21H30N4O5S. The van der Waals surface area contributed by atoms with Gasteiger partial charge in [-0.15, -0.1) is 0 Å². The Balaban J connectivity index is 1.31. The second kappa shape index (κ2) is 9.64. The number of carbonyl (C=O) groups is 2. The fourth-order valence-electron chi connectivity index (χ4n) is 4.25. The minimum atomic E-state index is -3.57. The number of piperazine rings is 1. The summed E-state index contributed by atoms with van der Waals surface area (Å²) in [5.74, 6) is 0.0650. The Morgan fingerprint density at radius 3 is 2.03 bits per heavy atom. The molecular weight excluding hydrogens is 420 g/mol. The van der Waals surface area contributed by atoms with E-state index in [9.17, 15) is 18.0 Å². The van der Waals surface area contributed by atoms with Crippen LogP contribution < -0.4 is 0 Å². The highest BCUT2D eigenvalue weighted by atomic mass is 32.2. The number of hydrogen-bond acceptors (Lipinski definition) is 6. The molecule has 0 radical (unpaired) electrons. The summed E-state index contributed by atoms with van der Waals surface area (Å²) >= 11 is 0. The predicted molar refractivity (Wildman–Crippen MR) is 114 cm³/mol. The number of nitrogens with zero attached hydrogens (tertiary/aromatic N) is 4. The first kappa shape index (κ1) is 22.2. The highest BCUT2D eigenvalue weighted by Gasteiger charge is 2.28. The van der Waals surface area contributed by atoms with Crippen molar-refractivity contribution in [3.63, 3.8) is 0 Å². The van der Waals surface area contributed by atoms with Crippen LogP contribution in [0.3, 0.4) is 0 Å². The zero-order valence-corrected chi connectivity index (χ0v) is 18.6. The topological polar surface area (TPSA) is 90.5 Å². The minimum Gasteiger partial charge on any atom is -0.379 e. The molecule has 3 aliphatic rings. The van der Waals surface area contributed by atoms with Gasteiger partial charge in [0.25, 0.3) is 5.91 Å². The molecule has 0 N–H and O–H groups in total. The summed E-state index contributed by atoms with van der Waals surface area (Å²) in [7, 11) is -3.57. The van der Waals surface area contributed by atoms with Crippen LogP contribution in [0.1, 0.15) is 23.2 Å². The Hall–Kier alpha value is -2.01. The zero-order valence-electron chi connectivity index (χ0n) is 17.7. The van der Waals surface area contributed by atoms with Crippen LogP contribution >= 0.6 is 0 Å². The third-order valence-corrected chi connectivity index (χ3v) is 8.10. The Morgan fingerprint density at radius 2 is 1.42 bits per heavy atom. The van der Waals surface area contributed by atoms with Gasteiger partial charge in [0.2, 0.25) is 15.9 Å². The number of amides is 2. The highest BCUT2D eigenvalue weighted by Crippen LogP contribution is 2.19. The summed E-state index contributed by atoms with van der Waals surface area (Å²) in [4.78, 5) is 31.2. The molecule has 0 saturated carbocycles. The van der Waals surface area contributed by atoms with E-state index in [4.69, 9.17) is 4.74 Å².